The number of hydrogen-bond donors (Lipinski definition) is 2. The maximum atomic E-state index is 12.3. The number of benzene rings is 2. The topological polar surface area (TPSA) is 76.7 Å². The average molecular weight is 427 g/mol. The maximum Gasteiger partial charge on any atom is 0.211 e. The molecule has 1 atom stereocenters. The summed E-state index contributed by atoms with van der Waals surface area (Å²) in [5.41, 5.74) is 1.86. The van der Waals surface area contributed by atoms with E-state index in [0.29, 0.717) is 29.5 Å². The minimum Gasteiger partial charge on any atom is -0.497 e. The van der Waals surface area contributed by atoms with Crippen molar-refractivity contribution in [2.24, 2.45) is 0 Å². The van der Waals surface area contributed by atoms with Gasteiger partial charge in [0.1, 0.15) is 11.5 Å². The van der Waals surface area contributed by atoms with Gasteiger partial charge in [-0.3, -0.25) is 0 Å². The minimum absolute atomic E-state index is 0.0474. The molecule has 2 aromatic rings. The Morgan fingerprint density at radius 1 is 1.07 bits per heavy atom. The smallest absolute Gasteiger partial charge is 0.211 e. The van der Waals surface area contributed by atoms with Crippen molar-refractivity contribution in [2.75, 3.05) is 26.5 Å². The quantitative estimate of drug-likeness (QED) is 0.537. The summed E-state index contributed by atoms with van der Waals surface area (Å²) in [5.74, 6) is 1.29. The van der Waals surface area contributed by atoms with Crippen molar-refractivity contribution in [1.29, 1.82) is 0 Å². The highest BCUT2D eigenvalue weighted by Crippen LogP contribution is 2.24. The van der Waals surface area contributed by atoms with Crippen molar-refractivity contribution in [3.8, 4) is 11.5 Å². The predicted molar refractivity (Wildman–Crippen MR) is 113 cm³/mol. The second-order valence-electron chi connectivity index (χ2n) is 6.40. The lowest BCUT2D eigenvalue weighted by Crippen LogP contribution is -2.28. The van der Waals surface area contributed by atoms with Crippen molar-refractivity contribution >= 4 is 21.6 Å². The minimum atomic E-state index is -3.38. The summed E-state index contributed by atoms with van der Waals surface area (Å²) in [6.07, 6.45) is 0.507. The normalized spacial score (nSPS) is 12.6. The van der Waals surface area contributed by atoms with Crippen molar-refractivity contribution in [3.63, 3.8) is 0 Å². The number of hydrogen-bond acceptors (Lipinski definition) is 5. The van der Waals surface area contributed by atoms with E-state index >= 15 is 0 Å². The molecule has 0 heterocycles. The Morgan fingerprint density at radius 3 is 2.43 bits per heavy atom. The van der Waals surface area contributed by atoms with Crippen molar-refractivity contribution in [2.45, 2.75) is 25.9 Å². The fourth-order valence-electron chi connectivity index (χ4n) is 2.71. The molecule has 0 unspecified atom stereocenters. The monoisotopic (exact) mass is 426 g/mol. The number of sulfonamides is 1. The largest absolute Gasteiger partial charge is 0.497 e. The van der Waals surface area contributed by atoms with Gasteiger partial charge in [0.05, 0.1) is 20.0 Å². The van der Waals surface area contributed by atoms with Gasteiger partial charge in [0.25, 0.3) is 0 Å². The van der Waals surface area contributed by atoms with Crippen LogP contribution in [0.4, 0.5) is 0 Å². The van der Waals surface area contributed by atoms with E-state index in [9.17, 15) is 8.42 Å². The van der Waals surface area contributed by atoms with E-state index in [1.165, 1.54) is 0 Å². The van der Waals surface area contributed by atoms with Gasteiger partial charge in [-0.25, -0.2) is 13.1 Å². The number of methoxy groups -OCH3 is 2. The first-order valence-electron chi connectivity index (χ1n) is 9.01. The van der Waals surface area contributed by atoms with Crippen LogP contribution in [0.1, 0.15) is 30.5 Å². The van der Waals surface area contributed by atoms with Gasteiger partial charge in [0, 0.05) is 29.2 Å². The SMILES string of the molecule is COc1ccc(CNS(=O)(=O)CCCN[C@@H](C)c2ccc(Cl)cc2)c(OC)c1. The average Bonchev–Trinajstić information content (AvgIpc) is 2.70. The summed E-state index contributed by atoms with van der Waals surface area (Å²) in [6, 6.07) is 13.0. The molecule has 6 nitrogen and oxygen atoms in total. The Bertz CT molecular complexity index is 857. The third kappa shape index (κ3) is 6.98. The molecule has 2 N–H and O–H groups in total. The van der Waals surface area contributed by atoms with Crippen LogP contribution >= 0.6 is 11.6 Å². The molecule has 0 bridgehead atoms. The van der Waals surface area contributed by atoms with Gasteiger partial charge in [0.15, 0.2) is 0 Å². The molecule has 2 rings (SSSR count). The Morgan fingerprint density at radius 2 is 1.79 bits per heavy atom. The molecular weight excluding hydrogens is 400 g/mol. The van der Waals surface area contributed by atoms with Crippen LogP contribution in [0.15, 0.2) is 42.5 Å². The summed E-state index contributed by atoms with van der Waals surface area (Å²) in [7, 11) is -0.272. The van der Waals surface area contributed by atoms with Crippen LogP contribution in [0.3, 0.4) is 0 Å². The number of rotatable bonds is 11. The van der Waals surface area contributed by atoms with E-state index < -0.39 is 10.0 Å². The molecule has 0 aliphatic heterocycles. The maximum absolute atomic E-state index is 12.3. The second kappa shape index (κ2) is 10.7. The molecule has 0 radical (unpaired) electrons. The first-order chi connectivity index (χ1) is 13.3. The highest BCUT2D eigenvalue weighted by Gasteiger charge is 2.13. The highest BCUT2D eigenvalue weighted by atomic mass is 35.5. The van der Waals surface area contributed by atoms with Crippen molar-refractivity contribution < 1.29 is 17.9 Å². The summed E-state index contributed by atoms with van der Waals surface area (Å²) < 4.78 is 37.6. The molecule has 0 aliphatic carbocycles. The van der Waals surface area contributed by atoms with Crippen molar-refractivity contribution in [1.82, 2.24) is 10.0 Å². The van der Waals surface area contributed by atoms with Gasteiger partial charge < -0.3 is 14.8 Å². The number of halogens is 1. The van der Waals surface area contributed by atoms with Gasteiger partial charge in [-0.2, -0.15) is 0 Å². The molecule has 2 aromatic carbocycles. The van der Waals surface area contributed by atoms with Gasteiger partial charge >= 0.3 is 0 Å². The molecule has 0 spiro atoms. The predicted octanol–water partition coefficient (Wildman–Crippen LogP) is 3.52. The van der Waals surface area contributed by atoms with Crippen LogP contribution in [0.5, 0.6) is 11.5 Å². The van der Waals surface area contributed by atoms with Crippen LogP contribution in [-0.4, -0.2) is 34.9 Å². The first-order valence-corrected chi connectivity index (χ1v) is 11.0. The molecular formula is C20H27ClN2O4S. The molecule has 154 valence electrons. The Hall–Kier alpha value is -1.80. The zero-order chi connectivity index (χ0) is 20.6. The van der Waals surface area contributed by atoms with E-state index in [1.54, 1.807) is 32.4 Å². The van der Waals surface area contributed by atoms with Crippen LogP contribution in [0.25, 0.3) is 0 Å². The zero-order valence-electron chi connectivity index (χ0n) is 16.4. The van der Waals surface area contributed by atoms with Gasteiger partial charge in [-0.1, -0.05) is 29.8 Å². The van der Waals surface area contributed by atoms with Crippen LogP contribution in [0.2, 0.25) is 5.02 Å². The Labute approximate surface area is 172 Å². The van der Waals surface area contributed by atoms with Crippen LogP contribution in [-0.2, 0) is 16.6 Å². The fraction of sp³-hybridized carbons (Fsp3) is 0.400. The second-order valence-corrected chi connectivity index (χ2v) is 8.76. The highest BCUT2D eigenvalue weighted by molar-refractivity contribution is 7.89. The van der Waals surface area contributed by atoms with Crippen LogP contribution in [0, 0.1) is 0 Å². The van der Waals surface area contributed by atoms with E-state index in [-0.39, 0.29) is 18.3 Å². The van der Waals surface area contributed by atoms with E-state index in [2.05, 4.69) is 10.0 Å². The third-order valence-corrected chi connectivity index (χ3v) is 6.05. The zero-order valence-corrected chi connectivity index (χ0v) is 17.9. The summed E-state index contributed by atoms with van der Waals surface area (Å²) in [4.78, 5) is 0. The lowest BCUT2D eigenvalue weighted by molar-refractivity contribution is 0.390. The number of ether oxygens (including phenoxy) is 2. The van der Waals surface area contributed by atoms with Gasteiger partial charge in [-0.05, 0) is 43.7 Å². The standard InChI is InChI=1S/C20H27ClN2O4S/c1-15(16-5-8-18(21)9-6-16)22-11-4-12-28(24,25)23-14-17-7-10-19(26-2)13-20(17)27-3/h5-10,13,15,22-23H,4,11-12,14H2,1-3H3/t15-/m0/s1. The van der Waals surface area contributed by atoms with E-state index in [4.69, 9.17) is 21.1 Å². The molecule has 0 fully saturated rings. The third-order valence-electron chi connectivity index (χ3n) is 4.39. The van der Waals surface area contributed by atoms with Crippen molar-refractivity contribution in [3.05, 3.63) is 58.6 Å². The molecule has 28 heavy (non-hydrogen) atoms. The molecule has 0 aliphatic rings. The Kier molecular flexibility index (Phi) is 8.57. The summed E-state index contributed by atoms with van der Waals surface area (Å²) in [6.45, 7) is 2.80. The van der Waals surface area contributed by atoms with Gasteiger partial charge in [0.2, 0.25) is 10.0 Å². The fourth-order valence-corrected chi connectivity index (χ4v) is 3.88. The Balaban J connectivity index is 1.78. The summed E-state index contributed by atoms with van der Waals surface area (Å²) >= 11 is 5.89. The van der Waals surface area contributed by atoms with Crippen LogP contribution < -0.4 is 19.5 Å². The molecule has 0 saturated heterocycles. The van der Waals surface area contributed by atoms with E-state index in [0.717, 1.165) is 11.1 Å². The number of nitrogens with one attached hydrogen (secondary N) is 2. The first kappa shape index (κ1) is 22.5. The summed E-state index contributed by atoms with van der Waals surface area (Å²) in [5, 5.41) is 4.02. The lowest BCUT2D eigenvalue weighted by Gasteiger charge is -2.15. The van der Waals surface area contributed by atoms with Gasteiger partial charge in [-0.15, -0.1) is 0 Å². The molecule has 0 amide bonds. The lowest BCUT2D eigenvalue weighted by atomic mass is 10.1. The molecule has 0 saturated carbocycles. The van der Waals surface area contributed by atoms with E-state index in [1.807, 2.05) is 31.2 Å². The molecule has 0 aromatic heterocycles. The molecule has 8 heteroatoms.